The number of amidine groups is 1. The van der Waals surface area contributed by atoms with Crippen molar-refractivity contribution in [1.29, 1.82) is 0 Å². The maximum Gasteiger partial charge on any atom is 0.170 e. The third-order valence-corrected chi connectivity index (χ3v) is 4.39. The minimum absolute atomic E-state index is 0.0290. The fraction of sp³-hybridized carbons (Fsp3) is 0.0952. The molecule has 3 rings (SSSR count). The third-order valence-electron chi connectivity index (χ3n) is 4.18. The zero-order valence-corrected chi connectivity index (χ0v) is 15.2. The van der Waals surface area contributed by atoms with Gasteiger partial charge in [0.25, 0.3) is 0 Å². The van der Waals surface area contributed by atoms with Gasteiger partial charge in [0.2, 0.25) is 0 Å². The van der Waals surface area contributed by atoms with Crippen LogP contribution in [0.4, 0.5) is 0 Å². The number of phenolic OH excluding ortho intramolecular Hbond substituents is 1. The Hall–Kier alpha value is -2.98. The fourth-order valence-electron chi connectivity index (χ4n) is 3.10. The number of aryl methyl sites for hydroxylation is 2. The summed E-state index contributed by atoms with van der Waals surface area (Å²) in [6.07, 6.45) is 0. The van der Waals surface area contributed by atoms with Crippen LogP contribution in [0.25, 0.3) is 22.3 Å². The van der Waals surface area contributed by atoms with E-state index in [1.807, 2.05) is 56.3 Å². The summed E-state index contributed by atoms with van der Waals surface area (Å²) < 4.78 is 0. The van der Waals surface area contributed by atoms with Crippen LogP contribution in [0, 0.1) is 13.8 Å². The first kappa shape index (κ1) is 17.8. The fourth-order valence-corrected chi connectivity index (χ4v) is 3.39. The number of benzene rings is 3. The number of hydrogen-bond acceptors (Lipinski definition) is 3. The number of hydrogen-bond donors (Lipinski definition) is 3. The van der Waals surface area contributed by atoms with E-state index in [1.54, 1.807) is 12.1 Å². The second-order valence-corrected chi connectivity index (χ2v) is 6.72. The molecule has 0 fully saturated rings. The van der Waals surface area contributed by atoms with E-state index in [1.165, 1.54) is 0 Å². The van der Waals surface area contributed by atoms with Gasteiger partial charge in [-0.3, -0.25) is 0 Å². The van der Waals surface area contributed by atoms with Crippen LogP contribution in [-0.4, -0.2) is 16.1 Å². The summed E-state index contributed by atoms with van der Waals surface area (Å²) in [5.41, 5.74) is 12.1. The Morgan fingerprint density at radius 2 is 1.58 bits per heavy atom. The van der Waals surface area contributed by atoms with Crippen LogP contribution in [0.5, 0.6) is 5.75 Å². The highest BCUT2D eigenvalue weighted by Crippen LogP contribution is 2.38. The summed E-state index contributed by atoms with van der Waals surface area (Å²) in [5.74, 6) is 0.222. The SMILES string of the molecule is Cc1cc(Cl)cc(-c2c(C(N)=NO)cc(C)cc2-c2ccc(O)cc2)c1. The van der Waals surface area contributed by atoms with E-state index in [9.17, 15) is 10.3 Å². The van der Waals surface area contributed by atoms with E-state index < -0.39 is 0 Å². The first-order chi connectivity index (χ1) is 12.4. The highest BCUT2D eigenvalue weighted by atomic mass is 35.5. The normalized spacial score (nSPS) is 11.6. The number of halogens is 1. The van der Waals surface area contributed by atoms with Crippen LogP contribution in [0.3, 0.4) is 0 Å². The highest BCUT2D eigenvalue weighted by Gasteiger charge is 2.17. The van der Waals surface area contributed by atoms with Crippen molar-refractivity contribution in [3.05, 3.63) is 76.3 Å². The molecule has 4 N–H and O–H groups in total. The molecule has 0 heterocycles. The van der Waals surface area contributed by atoms with Crippen LogP contribution in [0.15, 0.2) is 59.8 Å². The van der Waals surface area contributed by atoms with Gasteiger partial charge in [-0.2, -0.15) is 0 Å². The molecule has 0 saturated carbocycles. The van der Waals surface area contributed by atoms with Gasteiger partial charge < -0.3 is 16.0 Å². The lowest BCUT2D eigenvalue weighted by molar-refractivity contribution is 0.318. The van der Waals surface area contributed by atoms with Crippen LogP contribution in [-0.2, 0) is 0 Å². The summed E-state index contributed by atoms with van der Waals surface area (Å²) >= 11 is 6.27. The van der Waals surface area contributed by atoms with Gasteiger partial charge in [0.1, 0.15) is 5.75 Å². The zero-order valence-electron chi connectivity index (χ0n) is 14.5. The largest absolute Gasteiger partial charge is 0.508 e. The molecule has 0 atom stereocenters. The van der Waals surface area contributed by atoms with Crippen molar-refractivity contribution in [1.82, 2.24) is 0 Å². The Bertz CT molecular complexity index is 975. The molecule has 0 bridgehead atoms. The second kappa shape index (κ2) is 7.10. The van der Waals surface area contributed by atoms with Crippen LogP contribution < -0.4 is 5.73 Å². The van der Waals surface area contributed by atoms with Crippen molar-refractivity contribution in [2.45, 2.75) is 13.8 Å². The molecule has 3 aromatic carbocycles. The van der Waals surface area contributed by atoms with Crippen LogP contribution >= 0.6 is 11.6 Å². The van der Waals surface area contributed by atoms with Crippen molar-refractivity contribution in [2.75, 3.05) is 0 Å². The molecule has 0 aliphatic heterocycles. The van der Waals surface area contributed by atoms with Gasteiger partial charge in [0, 0.05) is 16.1 Å². The van der Waals surface area contributed by atoms with E-state index in [4.69, 9.17) is 17.3 Å². The summed E-state index contributed by atoms with van der Waals surface area (Å²) in [7, 11) is 0. The number of phenols is 1. The van der Waals surface area contributed by atoms with Gasteiger partial charge in [-0.25, -0.2) is 0 Å². The molecule has 0 unspecified atom stereocenters. The van der Waals surface area contributed by atoms with Crippen molar-refractivity contribution < 1.29 is 10.3 Å². The molecule has 26 heavy (non-hydrogen) atoms. The number of oxime groups is 1. The first-order valence-electron chi connectivity index (χ1n) is 8.08. The predicted octanol–water partition coefficient (Wildman–Crippen LogP) is 5.09. The molecular formula is C21H19ClN2O2. The van der Waals surface area contributed by atoms with Crippen molar-refractivity contribution in [2.24, 2.45) is 10.9 Å². The van der Waals surface area contributed by atoms with Crippen LogP contribution in [0.2, 0.25) is 5.02 Å². The minimum Gasteiger partial charge on any atom is -0.508 e. The molecule has 0 spiro atoms. The third kappa shape index (κ3) is 3.51. The molecule has 0 saturated heterocycles. The summed E-state index contributed by atoms with van der Waals surface area (Å²) in [6.45, 7) is 3.91. The van der Waals surface area contributed by atoms with Crippen LogP contribution in [0.1, 0.15) is 16.7 Å². The maximum absolute atomic E-state index is 9.61. The summed E-state index contributed by atoms with van der Waals surface area (Å²) in [6, 6.07) is 16.6. The maximum atomic E-state index is 9.61. The Kier molecular flexibility index (Phi) is 4.87. The minimum atomic E-state index is 0.0290. The van der Waals surface area contributed by atoms with Crippen molar-refractivity contribution >= 4 is 17.4 Å². The smallest absolute Gasteiger partial charge is 0.170 e. The van der Waals surface area contributed by atoms with E-state index in [0.717, 1.165) is 33.4 Å². The van der Waals surface area contributed by atoms with Gasteiger partial charge in [-0.05, 0) is 72.0 Å². The van der Waals surface area contributed by atoms with E-state index in [0.29, 0.717) is 10.6 Å². The molecule has 4 nitrogen and oxygen atoms in total. The average molecular weight is 367 g/mol. The quantitative estimate of drug-likeness (QED) is 0.261. The molecule has 0 aliphatic rings. The average Bonchev–Trinajstić information content (AvgIpc) is 2.60. The molecule has 0 amide bonds. The van der Waals surface area contributed by atoms with Gasteiger partial charge in [0.15, 0.2) is 5.84 Å². The second-order valence-electron chi connectivity index (χ2n) is 6.28. The molecule has 5 heteroatoms. The predicted molar refractivity (Wildman–Crippen MR) is 106 cm³/mol. The molecule has 132 valence electrons. The number of aromatic hydroxyl groups is 1. The molecule has 0 aliphatic carbocycles. The Balaban J connectivity index is 2.39. The molecule has 3 aromatic rings. The number of rotatable bonds is 3. The van der Waals surface area contributed by atoms with Crippen molar-refractivity contribution in [3.63, 3.8) is 0 Å². The monoisotopic (exact) mass is 366 g/mol. The lowest BCUT2D eigenvalue weighted by Gasteiger charge is -2.17. The molecule has 0 radical (unpaired) electrons. The van der Waals surface area contributed by atoms with E-state index in [2.05, 4.69) is 5.16 Å². The van der Waals surface area contributed by atoms with Gasteiger partial charge in [0.05, 0.1) is 0 Å². The lowest BCUT2D eigenvalue weighted by atomic mass is 9.88. The standard InChI is InChI=1S/C21H19ClN2O2/c1-12-7-15(11-16(22)8-12)20-18(14-3-5-17(25)6-4-14)9-13(2)10-19(20)21(23)24-26/h3-11,25-26H,1-2H3,(H2,23,24). The first-order valence-corrected chi connectivity index (χ1v) is 8.46. The Morgan fingerprint density at radius 3 is 2.19 bits per heavy atom. The van der Waals surface area contributed by atoms with Crippen molar-refractivity contribution in [3.8, 4) is 28.0 Å². The van der Waals surface area contributed by atoms with Gasteiger partial charge in [-0.15, -0.1) is 0 Å². The van der Waals surface area contributed by atoms with E-state index in [-0.39, 0.29) is 11.6 Å². The topological polar surface area (TPSA) is 78.8 Å². The Morgan fingerprint density at radius 1 is 0.923 bits per heavy atom. The molecular weight excluding hydrogens is 348 g/mol. The summed E-state index contributed by atoms with van der Waals surface area (Å²) in [5, 5.41) is 22.7. The summed E-state index contributed by atoms with van der Waals surface area (Å²) in [4.78, 5) is 0. The number of nitrogens with zero attached hydrogens (tertiary/aromatic N) is 1. The highest BCUT2D eigenvalue weighted by molar-refractivity contribution is 6.31. The van der Waals surface area contributed by atoms with Gasteiger partial charge >= 0.3 is 0 Å². The number of nitrogens with two attached hydrogens (primary N) is 1. The zero-order chi connectivity index (χ0) is 18.8. The molecule has 0 aromatic heterocycles. The van der Waals surface area contributed by atoms with Gasteiger partial charge in [-0.1, -0.05) is 41.0 Å². The lowest BCUT2D eigenvalue weighted by Crippen LogP contribution is -2.15. The Labute approximate surface area is 157 Å². The van der Waals surface area contributed by atoms with E-state index >= 15 is 0 Å².